The molecule has 0 fully saturated rings. The number of alkyl halides is 3. The Morgan fingerprint density at radius 2 is 0.679 bits per heavy atom. The van der Waals surface area contributed by atoms with Gasteiger partial charge in [0, 0.05) is 89.0 Å². The fraction of sp³-hybridized carbons (Fsp3) is 0.0103. The fourth-order valence-electron chi connectivity index (χ4n) is 17.2. The standard InChI is InChI=1S/C97H63B2F4N5S/c100-69-57-78(67-35-13-3-14-36-67)94(79(58-69)68-37-15-4-16-38-68)108-88-60-75(104(70-39-17-5-18-40-70)71-41-19-6-20-42-71)59-87-92(88)98(80-48-26-29-51-85(80)106(87)72-43-21-7-22-44-72)82-63-83-96(91(95(82)108)97(101,102)103)109-90-62-76(61-89-93(90)99(83)81-49-27-30-52-86(81)107(89)73-45-23-8-24-46-73)105(74-55-53-65(54-56-74)64-31-9-1-10-32-64)84-50-28-25-47-77(84)66-33-11-2-12-34-66/h1-63H. The molecule has 0 saturated heterocycles. The number of fused-ring (bicyclic) bond motifs is 8. The average molecular weight is 1430 g/mol. The lowest BCUT2D eigenvalue weighted by atomic mass is 9.30. The molecule has 0 spiro atoms. The molecule has 0 aliphatic carbocycles. The van der Waals surface area contributed by atoms with Crippen LogP contribution in [0.4, 0.5) is 103 Å². The molecule has 0 amide bonds. The first-order valence-corrected chi connectivity index (χ1v) is 37.4. The maximum absolute atomic E-state index is 19.1. The van der Waals surface area contributed by atoms with Crippen molar-refractivity contribution in [1.82, 2.24) is 0 Å². The highest BCUT2D eigenvalue weighted by atomic mass is 32.2. The zero-order chi connectivity index (χ0) is 72.8. The monoisotopic (exact) mass is 1430 g/mol. The second-order valence-electron chi connectivity index (χ2n) is 27.9. The number of anilines is 15. The van der Waals surface area contributed by atoms with Gasteiger partial charge in [-0.1, -0.05) is 284 Å². The highest BCUT2D eigenvalue weighted by Gasteiger charge is 2.53. The molecule has 5 nitrogen and oxygen atoms in total. The van der Waals surface area contributed by atoms with Gasteiger partial charge in [0.1, 0.15) is 5.82 Å². The Balaban J connectivity index is 0.932. The van der Waals surface area contributed by atoms with Crippen LogP contribution >= 0.6 is 11.8 Å². The van der Waals surface area contributed by atoms with Crippen LogP contribution in [0.1, 0.15) is 5.56 Å². The van der Waals surface area contributed by atoms with Gasteiger partial charge in [0.05, 0.1) is 28.3 Å². The lowest BCUT2D eigenvalue weighted by molar-refractivity contribution is -0.139. The number of para-hydroxylation sites is 7. The van der Waals surface area contributed by atoms with Gasteiger partial charge in [-0.2, -0.15) is 13.2 Å². The molecule has 0 aromatic heterocycles. The van der Waals surface area contributed by atoms with Crippen LogP contribution in [0.2, 0.25) is 0 Å². The molecule has 16 aromatic rings. The van der Waals surface area contributed by atoms with Crippen molar-refractivity contribution in [1.29, 1.82) is 0 Å². The van der Waals surface area contributed by atoms with E-state index in [9.17, 15) is 0 Å². The van der Waals surface area contributed by atoms with Crippen molar-refractivity contribution in [2.45, 2.75) is 16.0 Å². The molecule has 4 aliphatic heterocycles. The number of hydrogen-bond acceptors (Lipinski definition) is 6. The molecule has 16 aromatic carbocycles. The van der Waals surface area contributed by atoms with E-state index in [1.807, 2.05) is 199 Å². The van der Waals surface area contributed by atoms with Crippen LogP contribution in [0.3, 0.4) is 0 Å². The molecule has 12 heteroatoms. The van der Waals surface area contributed by atoms with Gasteiger partial charge >= 0.3 is 6.18 Å². The minimum Gasteiger partial charge on any atom is -0.311 e. The van der Waals surface area contributed by atoms with E-state index in [4.69, 9.17) is 0 Å². The number of nitrogens with zero attached hydrogens (tertiary/aromatic N) is 5. The third-order valence-electron chi connectivity index (χ3n) is 21.7. The second kappa shape index (κ2) is 26.6. The molecule has 0 radical (unpaired) electrons. The van der Waals surface area contributed by atoms with Crippen molar-refractivity contribution in [3.63, 3.8) is 0 Å². The predicted molar refractivity (Wildman–Crippen MR) is 446 cm³/mol. The number of rotatable bonds is 13. The average Bonchev–Trinajstić information content (AvgIpc) is 0.675. The van der Waals surface area contributed by atoms with Crippen LogP contribution in [0, 0.1) is 5.82 Å². The van der Waals surface area contributed by atoms with E-state index in [-0.39, 0.29) is 10.6 Å². The van der Waals surface area contributed by atoms with Crippen molar-refractivity contribution in [2.24, 2.45) is 0 Å². The molecule has 0 saturated carbocycles. The normalized spacial score (nSPS) is 12.8. The molecule has 4 aliphatic rings. The lowest BCUT2D eigenvalue weighted by Gasteiger charge is -2.47. The van der Waals surface area contributed by atoms with E-state index in [0.29, 0.717) is 55.1 Å². The van der Waals surface area contributed by atoms with Gasteiger partial charge in [-0.3, -0.25) is 0 Å². The summed E-state index contributed by atoms with van der Waals surface area (Å²) in [5, 5.41) is 0. The Kier molecular flexibility index (Phi) is 15.9. The molecular weight excluding hydrogens is 1360 g/mol. The van der Waals surface area contributed by atoms with Crippen molar-refractivity contribution in [3.8, 4) is 44.5 Å². The van der Waals surface area contributed by atoms with Crippen LogP contribution < -0.4 is 57.3 Å². The third kappa shape index (κ3) is 11.0. The first-order valence-electron chi connectivity index (χ1n) is 36.6. The summed E-state index contributed by atoms with van der Waals surface area (Å²) in [5.74, 6) is -0.538. The second-order valence-corrected chi connectivity index (χ2v) is 28.9. The lowest BCUT2D eigenvalue weighted by Crippen LogP contribution is -2.65. The van der Waals surface area contributed by atoms with Crippen LogP contribution in [0.15, 0.2) is 392 Å². The van der Waals surface area contributed by atoms with Gasteiger partial charge in [0.2, 0.25) is 6.71 Å². The van der Waals surface area contributed by atoms with E-state index >= 15 is 17.6 Å². The summed E-state index contributed by atoms with van der Waals surface area (Å²) >= 11 is 1.19. The summed E-state index contributed by atoms with van der Waals surface area (Å²) in [7, 11) is 0. The molecule has 0 unspecified atom stereocenters. The number of hydrogen-bond donors (Lipinski definition) is 0. The summed E-state index contributed by atoms with van der Waals surface area (Å²) in [6.07, 6.45) is -5.06. The molecule has 0 bridgehead atoms. The highest BCUT2D eigenvalue weighted by Crippen LogP contribution is 2.58. The number of benzene rings is 16. The Bertz CT molecular complexity index is 6070. The molecule has 0 N–H and O–H groups in total. The summed E-state index contributed by atoms with van der Waals surface area (Å²) in [6, 6.07) is 128. The first kappa shape index (κ1) is 65.3. The van der Waals surface area contributed by atoms with Gasteiger partial charge in [0.25, 0.3) is 6.71 Å². The van der Waals surface area contributed by atoms with Crippen molar-refractivity contribution >= 4 is 143 Å². The summed E-state index contributed by atoms with van der Waals surface area (Å²) in [5.41, 5.74) is 20.5. The molecular formula is C97H63B2F4N5S. The Labute approximate surface area is 635 Å². The SMILES string of the molecule is Fc1cc(-c2ccccc2)c(N2c3cc(N(c4ccccc4)c4ccccc4)cc4c3B(c3ccccc3N4c3ccccc3)c3cc4c(c(C(F)(F)F)c32)Sc2cc(N(c3ccc(-c5ccccc5)cc3)c3ccccc3-c3ccccc3)cc3c2B4c2ccccc2N3c2ccccc2)c(-c2ccccc2)c1. The zero-order valence-corrected chi connectivity index (χ0v) is 59.5. The summed E-state index contributed by atoms with van der Waals surface area (Å²) < 4.78 is 74.7. The molecule has 4 heterocycles. The van der Waals surface area contributed by atoms with E-state index in [1.54, 1.807) is 0 Å². The minimum atomic E-state index is -5.06. The summed E-state index contributed by atoms with van der Waals surface area (Å²) in [4.78, 5) is 11.7. The topological polar surface area (TPSA) is 16.2 Å². The van der Waals surface area contributed by atoms with Gasteiger partial charge in [-0.25, -0.2) is 4.39 Å². The molecule has 20 rings (SSSR count). The third-order valence-corrected chi connectivity index (χ3v) is 22.9. The van der Waals surface area contributed by atoms with Crippen LogP contribution in [-0.2, 0) is 6.18 Å². The van der Waals surface area contributed by atoms with Crippen molar-refractivity contribution in [3.05, 3.63) is 394 Å². The smallest absolute Gasteiger partial charge is 0.311 e. The number of halogens is 4. The van der Waals surface area contributed by atoms with Crippen molar-refractivity contribution in [2.75, 3.05) is 24.5 Å². The van der Waals surface area contributed by atoms with Gasteiger partial charge in [0.15, 0.2) is 0 Å². The molecule has 109 heavy (non-hydrogen) atoms. The summed E-state index contributed by atoms with van der Waals surface area (Å²) in [6.45, 7) is -1.55. The largest absolute Gasteiger partial charge is 0.419 e. The van der Waals surface area contributed by atoms with Gasteiger partial charge < -0.3 is 24.5 Å². The van der Waals surface area contributed by atoms with Crippen LogP contribution in [-0.4, -0.2) is 13.4 Å². The van der Waals surface area contributed by atoms with Crippen molar-refractivity contribution < 1.29 is 17.6 Å². The van der Waals surface area contributed by atoms with Gasteiger partial charge in [-0.05, 0) is 170 Å². The fourth-order valence-corrected chi connectivity index (χ4v) is 18.5. The molecule has 516 valence electrons. The molecule has 0 atom stereocenters. The quantitative estimate of drug-likeness (QED) is 0.0839. The van der Waals surface area contributed by atoms with E-state index in [0.717, 1.165) is 107 Å². The Morgan fingerprint density at radius 3 is 1.19 bits per heavy atom. The maximum Gasteiger partial charge on any atom is 0.419 e. The highest BCUT2D eigenvalue weighted by molar-refractivity contribution is 8.00. The van der Waals surface area contributed by atoms with Crippen LogP contribution in [0.5, 0.6) is 0 Å². The van der Waals surface area contributed by atoms with E-state index < -0.39 is 31.0 Å². The van der Waals surface area contributed by atoms with E-state index in [2.05, 4.69) is 196 Å². The Morgan fingerprint density at radius 1 is 0.284 bits per heavy atom. The van der Waals surface area contributed by atoms with Crippen LogP contribution in [0.25, 0.3) is 44.5 Å². The predicted octanol–water partition coefficient (Wildman–Crippen LogP) is 23.3. The zero-order valence-electron chi connectivity index (χ0n) is 58.7. The Hall–Kier alpha value is -13.3. The maximum atomic E-state index is 19.1. The van der Waals surface area contributed by atoms with Gasteiger partial charge in [-0.15, -0.1) is 0 Å². The minimum absolute atomic E-state index is 0.0407. The van der Waals surface area contributed by atoms with E-state index in [1.165, 1.54) is 23.9 Å². The first-order chi connectivity index (χ1) is 53.7.